The fraction of sp³-hybridized carbons (Fsp3) is 0.143. The summed E-state index contributed by atoms with van der Waals surface area (Å²) in [7, 11) is 1.51. The molecule has 2 heterocycles. The number of fused-ring (bicyclic) bond motifs is 1. The average molecular weight is 422 g/mol. The van der Waals surface area contributed by atoms with Gasteiger partial charge in [-0.1, -0.05) is 35.1 Å². The van der Waals surface area contributed by atoms with Crippen molar-refractivity contribution in [3.8, 4) is 11.5 Å². The molecule has 9 heteroatoms. The molecule has 0 fully saturated rings. The maximum Gasteiger partial charge on any atom is 0.291 e. The molecule has 2 aromatic heterocycles. The van der Waals surface area contributed by atoms with E-state index in [1.165, 1.54) is 29.3 Å². The average Bonchev–Trinajstić information content (AvgIpc) is 3.32. The van der Waals surface area contributed by atoms with E-state index < -0.39 is 0 Å². The Morgan fingerprint density at radius 2 is 2.00 bits per heavy atom. The van der Waals surface area contributed by atoms with Crippen LogP contribution < -0.4 is 24.9 Å². The van der Waals surface area contributed by atoms with Crippen LogP contribution in [0.1, 0.15) is 11.1 Å². The third-order valence-electron chi connectivity index (χ3n) is 4.30. The number of ether oxygens (including phenoxy) is 2. The van der Waals surface area contributed by atoms with Crippen molar-refractivity contribution in [1.29, 1.82) is 0 Å². The SMILES string of the molecule is COc1cc(/C=c2\sc3ncnn3c2=O)ccc1OCC(=O)Nc1ccc(C)cc1. The molecular formula is C21H18N4O4S. The van der Waals surface area contributed by atoms with E-state index in [9.17, 15) is 9.59 Å². The largest absolute Gasteiger partial charge is 0.493 e. The van der Waals surface area contributed by atoms with Gasteiger partial charge in [0, 0.05) is 5.69 Å². The van der Waals surface area contributed by atoms with Crippen LogP contribution in [0.15, 0.2) is 53.6 Å². The van der Waals surface area contributed by atoms with Gasteiger partial charge in [0.2, 0.25) is 4.96 Å². The lowest BCUT2D eigenvalue weighted by atomic mass is 10.2. The topological polar surface area (TPSA) is 94.8 Å². The molecule has 0 saturated carbocycles. The fourth-order valence-corrected chi connectivity index (χ4v) is 3.68. The van der Waals surface area contributed by atoms with Crippen LogP contribution in [0.4, 0.5) is 5.69 Å². The molecule has 0 unspecified atom stereocenters. The van der Waals surface area contributed by atoms with Crippen LogP contribution in [0.5, 0.6) is 11.5 Å². The molecule has 0 bridgehead atoms. The van der Waals surface area contributed by atoms with E-state index in [2.05, 4.69) is 15.4 Å². The predicted octanol–water partition coefficient (Wildman–Crippen LogP) is 2.03. The zero-order chi connectivity index (χ0) is 21.1. The molecule has 0 aliphatic rings. The summed E-state index contributed by atoms with van der Waals surface area (Å²) in [4.78, 5) is 29.0. The number of rotatable bonds is 6. The van der Waals surface area contributed by atoms with E-state index in [-0.39, 0.29) is 18.1 Å². The van der Waals surface area contributed by atoms with Crippen LogP contribution in [-0.2, 0) is 4.79 Å². The number of aromatic nitrogens is 3. The Morgan fingerprint density at radius 3 is 2.73 bits per heavy atom. The van der Waals surface area contributed by atoms with Gasteiger partial charge in [0.15, 0.2) is 18.1 Å². The summed E-state index contributed by atoms with van der Waals surface area (Å²) in [6.07, 6.45) is 3.08. The van der Waals surface area contributed by atoms with Crippen molar-refractivity contribution < 1.29 is 14.3 Å². The third kappa shape index (κ3) is 4.15. The zero-order valence-corrected chi connectivity index (χ0v) is 17.1. The lowest BCUT2D eigenvalue weighted by molar-refractivity contribution is -0.118. The molecule has 2 aromatic carbocycles. The second-order valence-electron chi connectivity index (χ2n) is 6.48. The quantitative estimate of drug-likeness (QED) is 0.511. The van der Waals surface area contributed by atoms with Crippen molar-refractivity contribution in [2.75, 3.05) is 19.0 Å². The summed E-state index contributed by atoms with van der Waals surface area (Å²) in [6, 6.07) is 12.7. The predicted molar refractivity (Wildman–Crippen MR) is 114 cm³/mol. The van der Waals surface area contributed by atoms with Gasteiger partial charge in [0.25, 0.3) is 11.5 Å². The van der Waals surface area contributed by atoms with Crippen molar-refractivity contribution >= 4 is 34.0 Å². The molecule has 0 atom stereocenters. The molecule has 30 heavy (non-hydrogen) atoms. The van der Waals surface area contributed by atoms with Gasteiger partial charge in [-0.05, 0) is 42.8 Å². The molecule has 0 aliphatic carbocycles. The van der Waals surface area contributed by atoms with Gasteiger partial charge in [0.05, 0.1) is 11.6 Å². The minimum atomic E-state index is -0.276. The van der Waals surface area contributed by atoms with Gasteiger partial charge in [-0.15, -0.1) is 0 Å². The fourth-order valence-electron chi connectivity index (χ4n) is 2.80. The Bertz CT molecular complexity index is 1310. The highest BCUT2D eigenvalue weighted by Crippen LogP contribution is 2.28. The highest BCUT2D eigenvalue weighted by molar-refractivity contribution is 7.15. The number of amides is 1. The number of anilines is 1. The molecular weight excluding hydrogens is 404 g/mol. The van der Waals surface area contributed by atoms with Crippen molar-refractivity contribution in [1.82, 2.24) is 14.6 Å². The summed E-state index contributed by atoms with van der Waals surface area (Å²) >= 11 is 1.26. The summed E-state index contributed by atoms with van der Waals surface area (Å²) in [5.41, 5.74) is 2.35. The molecule has 152 valence electrons. The van der Waals surface area contributed by atoms with Crippen LogP contribution in [0.25, 0.3) is 11.0 Å². The van der Waals surface area contributed by atoms with Crippen molar-refractivity contribution in [3.05, 3.63) is 74.8 Å². The van der Waals surface area contributed by atoms with E-state index in [0.29, 0.717) is 26.7 Å². The lowest BCUT2D eigenvalue weighted by Crippen LogP contribution is -2.23. The second kappa shape index (κ2) is 8.34. The van der Waals surface area contributed by atoms with Crippen molar-refractivity contribution in [2.24, 2.45) is 0 Å². The summed E-state index contributed by atoms with van der Waals surface area (Å²) in [5, 5.41) is 6.68. The standard InChI is InChI=1S/C21H18N4O4S/c1-13-3-6-15(7-4-13)24-19(26)11-29-16-8-5-14(9-17(16)28-2)10-18-20(27)25-21(30-18)22-12-23-25/h3-10,12H,11H2,1-2H3,(H,24,26)/b18-10-. The minimum Gasteiger partial charge on any atom is -0.493 e. The number of aryl methyl sites for hydroxylation is 1. The Hall–Kier alpha value is -3.72. The van der Waals surface area contributed by atoms with E-state index in [1.807, 2.05) is 31.2 Å². The number of nitrogens with zero attached hydrogens (tertiary/aromatic N) is 3. The smallest absolute Gasteiger partial charge is 0.291 e. The molecule has 0 radical (unpaired) electrons. The highest BCUT2D eigenvalue weighted by Gasteiger charge is 2.10. The third-order valence-corrected chi connectivity index (χ3v) is 5.27. The monoisotopic (exact) mass is 422 g/mol. The van der Waals surface area contributed by atoms with E-state index in [4.69, 9.17) is 9.47 Å². The Kier molecular flexibility index (Phi) is 5.44. The van der Waals surface area contributed by atoms with Crippen LogP contribution in [0, 0.1) is 6.92 Å². The molecule has 4 aromatic rings. The van der Waals surface area contributed by atoms with Crippen LogP contribution in [0.3, 0.4) is 0 Å². The summed E-state index contributed by atoms with van der Waals surface area (Å²) in [5.74, 6) is 0.611. The normalized spacial score (nSPS) is 11.6. The Morgan fingerprint density at radius 1 is 1.20 bits per heavy atom. The zero-order valence-electron chi connectivity index (χ0n) is 16.3. The second-order valence-corrected chi connectivity index (χ2v) is 7.49. The Balaban J connectivity index is 1.48. The van der Waals surface area contributed by atoms with Gasteiger partial charge in [-0.25, -0.2) is 4.98 Å². The summed E-state index contributed by atoms with van der Waals surface area (Å²) in [6.45, 7) is 1.82. The number of benzene rings is 2. The van der Waals surface area contributed by atoms with Crippen LogP contribution >= 0.6 is 11.3 Å². The molecule has 8 nitrogen and oxygen atoms in total. The first kappa shape index (κ1) is 19.6. The number of thiazole rings is 1. The number of hydrogen-bond acceptors (Lipinski definition) is 7. The van der Waals surface area contributed by atoms with Crippen molar-refractivity contribution in [2.45, 2.75) is 6.92 Å². The first-order valence-electron chi connectivity index (χ1n) is 9.05. The van der Waals surface area contributed by atoms with E-state index in [0.717, 1.165) is 11.1 Å². The number of methoxy groups -OCH3 is 1. The first-order valence-corrected chi connectivity index (χ1v) is 9.87. The summed E-state index contributed by atoms with van der Waals surface area (Å²) < 4.78 is 12.8. The van der Waals surface area contributed by atoms with Gasteiger partial charge in [-0.3, -0.25) is 9.59 Å². The number of carbonyl (C=O) groups excluding carboxylic acids is 1. The van der Waals surface area contributed by atoms with E-state index in [1.54, 1.807) is 24.3 Å². The highest BCUT2D eigenvalue weighted by atomic mass is 32.1. The van der Waals surface area contributed by atoms with Crippen LogP contribution in [0.2, 0.25) is 0 Å². The number of carbonyl (C=O) groups is 1. The number of nitrogens with one attached hydrogen (secondary N) is 1. The molecule has 0 spiro atoms. The van der Waals surface area contributed by atoms with Gasteiger partial charge >= 0.3 is 0 Å². The van der Waals surface area contributed by atoms with Crippen LogP contribution in [-0.4, -0.2) is 34.2 Å². The molecule has 1 N–H and O–H groups in total. The van der Waals surface area contributed by atoms with Gasteiger partial charge in [-0.2, -0.15) is 9.61 Å². The maximum absolute atomic E-state index is 12.3. The maximum atomic E-state index is 12.3. The lowest BCUT2D eigenvalue weighted by Gasteiger charge is -2.11. The van der Waals surface area contributed by atoms with Gasteiger partial charge in [0.1, 0.15) is 6.33 Å². The Labute approximate surface area is 175 Å². The van der Waals surface area contributed by atoms with Gasteiger partial charge < -0.3 is 14.8 Å². The van der Waals surface area contributed by atoms with Crippen molar-refractivity contribution in [3.63, 3.8) is 0 Å². The molecule has 0 aliphatic heterocycles. The molecule has 4 rings (SSSR count). The first-order chi connectivity index (χ1) is 14.5. The molecule has 0 saturated heterocycles. The molecule has 1 amide bonds. The minimum absolute atomic E-state index is 0.161. The number of hydrogen-bond donors (Lipinski definition) is 1. The van der Waals surface area contributed by atoms with E-state index >= 15 is 0 Å².